The Morgan fingerprint density at radius 1 is 1.00 bits per heavy atom. The van der Waals surface area contributed by atoms with Gasteiger partial charge in [-0.15, -0.1) is 0 Å². The second-order valence-corrected chi connectivity index (χ2v) is 3.71. The van der Waals surface area contributed by atoms with E-state index in [4.69, 9.17) is 5.73 Å². The smallest absolute Gasteiger partial charge is 0.0529 e. The van der Waals surface area contributed by atoms with Crippen LogP contribution in [0.2, 0.25) is 0 Å². The number of hydrogen-bond donors (Lipinski definition) is 1. The Bertz CT molecular complexity index is 626. The number of aromatic nitrogens is 2. The Morgan fingerprint density at radius 2 is 1.81 bits per heavy atom. The van der Waals surface area contributed by atoms with Crippen LogP contribution in [0.3, 0.4) is 0 Å². The highest BCUT2D eigenvalue weighted by Crippen LogP contribution is 2.21. The van der Waals surface area contributed by atoms with Gasteiger partial charge in [0, 0.05) is 35.4 Å². The third-order valence-electron chi connectivity index (χ3n) is 2.66. The third-order valence-corrected chi connectivity index (χ3v) is 2.66. The predicted molar refractivity (Wildman–Crippen MR) is 65.5 cm³/mol. The molecule has 0 fully saturated rings. The molecule has 2 aromatic heterocycles. The van der Waals surface area contributed by atoms with Gasteiger partial charge in [-0.3, -0.25) is 4.98 Å². The number of nitrogen functional groups attached to an aromatic ring is 1. The molecule has 16 heavy (non-hydrogen) atoms. The van der Waals surface area contributed by atoms with Gasteiger partial charge in [-0.2, -0.15) is 0 Å². The quantitative estimate of drug-likeness (QED) is 0.626. The molecule has 3 nitrogen and oxygen atoms in total. The lowest BCUT2D eigenvalue weighted by molar-refractivity contribution is 1.11. The minimum Gasteiger partial charge on any atom is -0.399 e. The van der Waals surface area contributed by atoms with Crippen LogP contribution in [-0.4, -0.2) is 9.55 Å². The lowest BCUT2D eigenvalue weighted by Gasteiger charge is -2.04. The highest BCUT2D eigenvalue weighted by molar-refractivity contribution is 5.84. The summed E-state index contributed by atoms with van der Waals surface area (Å²) in [6.45, 7) is 0. The van der Waals surface area contributed by atoms with Crippen molar-refractivity contribution in [2.75, 3.05) is 5.73 Å². The Morgan fingerprint density at radius 3 is 2.62 bits per heavy atom. The van der Waals surface area contributed by atoms with E-state index in [1.54, 1.807) is 12.4 Å². The molecule has 0 radical (unpaired) electrons. The first-order valence-corrected chi connectivity index (χ1v) is 5.11. The number of nitrogens with two attached hydrogens (primary N) is 1. The fraction of sp³-hybridized carbons (Fsp3) is 0. The Balaban J connectivity index is 2.26. The van der Waals surface area contributed by atoms with Crippen molar-refractivity contribution >= 4 is 16.6 Å². The fourth-order valence-electron chi connectivity index (χ4n) is 1.89. The normalized spacial score (nSPS) is 10.8. The van der Waals surface area contributed by atoms with Crippen molar-refractivity contribution in [3.05, 3.63) is 55.0 Å². The molecule has 0 atom stereocenters. The van der Waals surface area contributed by atoms with Crippen LogP contribution in [0.15, 0.2) is 55.0 Å². The first kappa shape index (κ1) is 8.97. The maximum atomic E-state index is 5.75. The summed E-state index contributed by atoms with van der Waals surface area (Å²) in [7, 11) is 0. The minimum absolute atomic E-state index is 0.792. The summed E-state index contributed by atoms with van der Waals surface area (Å²) in [4.78, 5) is 4.02. The number of hydrogen-bond acceptors (Lipinski definition) is 2. The molecule has 0 bridgehead atoms. The molecule has 0 spiro atoms. The van der Waals surface area contributed by atoms with Crippen molar-refractivity contribution in [1.82, 2.24) is 9.55 Å². The van der Waals surface area contributed by atoms with Crippen molar-refractivity contribution in [2.45, 2.75) is 0 Å². The molecule has 0 aliphatic carbocycles. The number of rotatable bonds is 1. The van der Waals surface area contributed by atoms with E-state index in [2.05, 4.69) is 15.6 Å². The largest absolute Gasteiger partial charge is 0.399 e. The van der Waals surface area contributed by atoms with Crippen molar-refractivity contribution in [3.8, 4) is 5.69 Å². The highest BCUT2D eigenvalue weighted by atomic mass is 15.0. The number of benzene rings is 1. The molecule has 78 valence electrons. The molecule has 0 unspecified atom stereocenters. The molecule has 3 heteroatoms. The van der Waals surface area contributed by atoms with Crippen molar-refractivity contribution in [3.63, 3.8) is 0 Å². The zero-order valence-corrected chi connectivity index (χ0v) is 8.67. The number of anilines is 1. The van der Waals surface area contributed by atoms with Crippen LogP contribution in [0.1, 0.15) is 0 Å². The zero-order valence-electron chi connectivity index (χ0n) is 8.67. The van der Waals surface area contributed by atoms with Crippen LogP contribution >= 0.6 is 0 Å². The Hall–Kier alpha value is -2.29. The van der Waals surface area contributed by atoms with Crippen LogP contribution in [0.5, 0.6) is 0 Å². The van der Waals surface area contributed by atoms with E-state index in [0.29, 0.717) is 0 Å². The number of pyridine rings is 1. The van der Waals surface area contributed by atoms with Gasteiger partial charge in [0.1, 0.15) is 0 Å². The monoisotopic (exact) mass is 209 g/mol. The molecule has 2 heterocycles. The lowest BCUT2D eigenvalue weighted by Crippen LogP contribution is -1.91. The Labute approximate surface area is 93.1 Å². The van der Waals surface area contributed by atoms with Gasteiger partial charge in [-0.05, 0) is 36.4 Å². The standard InChI is InChI=1S/C13H11N3/c14-11-1-2-13-10(9-11)5-8-16(13)12-3-6-15-7-4-12/h1-9H,14H2. The van der Waals surface area contributed by atoms with Crippen LogP contribution in [-0.2, 0) is 0 Å². The van der Waals surface area contributed by atoms with E-state index >= 15 is 0 Å². The lowest BCUT2D eigenvalue weighted by atomic mass is 10.2. The van der Waals surface area contributed by atoms with E-state index in [1.807, 2.05) is 36.5 Å². The van der Waals surface area contributed by atoms with Gasteiger partial charge in [-0.25, -0.2) is 0 Å². The van der Waals surface area contributed by atoms with E-state index in [1.165, 1.54) is 0 Å². The minimum atomic E-state index is 0.792. The second kappa shape index (κ2) is 3.38. The van der Waals surface area contributed by atoms with Crippen LogP contribution < -0.4 is 5.73 Å². The number of nitrogens with zero attached hydrogens (tertiary/aromatic N) is 2. The number of fused-ring (bicyclic) bond motifs is 1. The fourth-order valence-corrected chi connectivity index (χ4v) is 1.89. The van der Waals surface area contributed by atoms with E-state index < -0.39 is 0 Å². The molecule has 0 saturated carbocycles. The van der Waals surface area contributed by atoms with Gasteiger partial charge in [0.2, 0.25) is 0 Å². The molecular weight excluding hydrogens is 198 g/mol. The molecule has 0 aliphatic rings. The summed E-state index contributed by atoms with van der Waals surface area (Å²) in [6.07, 6.45) is 5.62. The predicted octanol–water partition coefficient (Wildman–Crippen LogP) is 2.61. The average molecular weight is 209 g/mol. The summed E-state index contributed by atoms with van der Waals surface area (Å²) >= 11 is 0. The van der Waals surface area contributed by atoms with Crippen LogP contribution in [0.4, 0.5) is 5.69 Å². The molecule has 3 rings (SSSR count). The molecule has 1 aromatic carbocycles. The zero-order chi connectivity index (χ0) is 11.0. The maximum Gasteiger partial charge on any atom is 0.0529 e. The first-order chi connectivity index (χ1) is 7.84. The first-order valence-electron chi connectivity index (χ1n) is 5.11. The molecule has 0 amide bonds. The molecule has 3 aromatic rings. The van der Waals surface area contributed by atoms with Crippen LogP contribution in [0, 0.1) is 0 Å². The van der Waals surface area contributed by atoms with Gasteiger partial charge < -0.3 is 10.3 Å². The van der Waals surface area contributed by atoms with E-state index in [9.17, 15) is 0 Å². The second-order valence-electron chi connectivity index (χ2n) is 3.71. The molecular formula is C13H11N3. The van der Waals surface area contributed by atoms with Crippen molar-refractivity contribution < 1.29 is 0 Å². The molecule has 0 saturated heterocycles. The Kier molecular flexibility index (Phi) is 1.90. The summed E-state index contributed by atoms with van der Waals surface area (Å²) in [5.41, 5.74) is 8.80. The van der Waals surface area contributed by atoms with Gasteiger partial charge in [-0.1, -0.05) is 0 Å². The van der Waals surface area contributed by atoms with E-state index in [0.717, 1.165) is 22.3 Å². The summed E-state index contributed by atoms with van der Waals surface area (Å²) in [5.74, 6) is 0. The SMILES string of the molecule is Nc1ccc2c(ccn2-c2ccncc2)c1. The summed E-state index contributed by atoms with van der Waals surface area (Å²) < 4.78 is 2.12. The van der Waals surface area contributed by atoms with Crippen molar-refractivity contribution in [1.29, 1.82) is 0 Å². The summed E-state index contributed by atoms with van der Waals surface area (Å²) in [6, 6.07) is 12.0. The highest BCUT2D eigenvalue weighted by Gasteiger charge is 2.02. The maximum absolute atomic E-state index is 5.75. The molecule has 2 N–H and O–H groups in total. The summed E-state index contributed by atoms with van der Waals surface area (Å²) in [5, 5.41) is 1.15. The van der Waals surface area contributed by atoms with Gasteiger partial charge in [0.15, 0.2) is 0 Å². The van der Waals surface area contributed by atoms with Gasteiger partial charge in [0.25, 0.3) is 0 Å². The van der Waals surface area contributed by atoms with Crippen molar-refractivity contribution in [2.24, 2.45) is 0 Å². The van der Waals surface area contributed by atoms with Crippen LogP contribution in [0.25, 0.3) is 16.6 Å². The third kappa shape index (κ3) is 1.34. The molecule has 0 aliphatic heterocycles. The van der Waals surface area contributed by atoms with Gasteiger partial charge >= 0.3 is 0 Å². The topological polar surface area (TPSA) is 43.8 Å². The average Bonchev–Trinajstić information content (AvgIpc) is 2.73. The van der Waals surface area contributed by atoms with E-state index in [-0.39, 0.29) is 0 Å². The van der Waals surface area contributed by atoms with Gasteiger partial charge in [0.05, 0.1) is 5.52 Å².